The number of nitrogens with zero attached hydrogens (tertiary/aromatic N) is 2. The van der Waals surface area contributed by atoms with E-state index in [-0.39, 0.29) is 0 Å². The van der Waals surface area contributed by atoms with Gasteiger partial charge in [0.05, 0.1) is 5.69 Å². The highest BCUT2D eigenvalue weighted by molar-refractivity contribution is 5.45. The first-order valence-corrected chi connectivity index (χ1v) is 6.24. The van der Waals surface area contributed by atoms with Gasteiger partial charge in [0.2, 0.25) is 0 Å². The zero-order valence-corrected chi connectivity index (χ0v) is 10.0. The Morgan fingerprint density at radius 1 is 1.44 bits per heavy atom. The quantitative estimate of drug-likeness (QED) is 0.712. The first-order valence-electron chi connectivity index (χ1n) is 6.24. The van der Waals surface area contributed by atoms with Gasteiger partial charge in [-0.25, -0.2) is 4.98 Å². The summed E-state index contributed by atoms with van der Waals surface area (Å²) in [5, 5.41) is 0. The largest absolute Gasteiger partial charge is 0.304 e. The molecular weight excluding hydrogens is 196 g/mol. The van der Waals surface area contributed by atoms with E-state index < -0.39 is 0 Å². The van der Waals surface area contributed by atoms with Crippen LogP contribution in [0.4, 0.5) is 0 Å². The summed E-state index contributed by atoms with van der Waals surface area (Å²) in [5.74, 6) is 0.855. The van der Waals surface area contributed by atoms with Crippen molar-refractivity contribution < 1.29 is 0 Å². The summed E-state index contributed by atoms with van der Waals surface area (Å²) >= 11 is 0. The van der Waals surface area contributed by atoms with Crippen LogP contribution in [0.5, 0.6) is 0 Å². The van der Waals surface area contributed by atoms with Gasteiger partial charge in [0.1, 0.15) is 5.65 Å². The van der Waals surface area contributed by atoms with Crippen LogP contribution in [-0.2, 0) is 12.8 Å². The maximum absolute atomic E-state index is 4.73. The molecule has 0 fully saturated rings. The van der Waals surface area contributed by atoms with Gasteiger partial charge in [0.15, 0.2) is 0 Å². The summed E-state index contributed by atoms with van der Waals surface area (Å²) in [6, 6.07) is 4.28. The molecule has 1 aliphatic carbocycles. The molecule has 3 rings (SSSR count). The Kier molecular flexibility index (Phi) is 2.23. The van der Waals surface area contributed by atoms with Gasteiger partial charge in [-0.05, 0) is 43.7 Å². The standard InChI is InChI=1S/C14H18N2/c1-3-11-5-6-12-13(8-11)16-9-10(2)4-7-14(16)15-12/h4,7,9,11H,3,5-6,8H2,1-2H3. The molecule has 84 valence electrons. The Hall–Kier alpha value is -1.31. The molecule has 1 atom stereocenters. The predicted molar refractivity (Wildman–Crippen MR) is 65.7 cm³/mol. The Labute approximate surface area is 96.3 Å². The molecule has 2 aromatic heterocycles. The molecule has 16 heavy (non-hydrogen) atoms. The van der Waals surface area contributed by atoms with E-state index in [0.29, 0.717) is 0 Å². The molecule has 0 amide bonds. The molecule has 1 aliphatic rings. The number of hydrogen-bond donors (Lipinski definition) is 0. The third-order valence-corrected chi connectivity index (χ3v) is 3.80. The molecule has 2 nitrogen and oxygen atoms in total. The van der Waals surface area contributed by atoms with Crippen molar-refractivity contribution in [3.05, 3.63) is 35.3 Å². The second-order valence-electron chi connectivity index (χ2n) is 4.96. The van der Waals surface area contributed by atoms with Crippen LogP contribution in [0.1, 0.15) is 36.7 Å². The zero-order valence-electron chi connectivity index (χ0n) is 10.0. The summed E-state index contributed by atoms with van der Waals surface area (Å²) in [6.07, 6.45) is 7.19. The summed E-state index contributed by atoms with van der Waals surface area (Å²) in [6.45, 7) is 4.44. The minimum absolute atomic E-state index is 0.855. The van der Waals surface area contributed by atoms with Gasteiger partial charge < -0.3 is 4.40 Å². The van der Waals surface area contributed by atoms with E-state index in [4.69, 9.17) is 4.98 Å². The molecule has 2 aromatic rings. The maximum Gasteiger partial charge on any atom is 0.137 e. The highest BCUT2D eigenvalue weighted by atomic mass is 15.0. The molecule has 0 aromatic carbocycles. The van der Waals surface area contributed by atoms with Crippen molar-refractivity contribution in [2.75, 3.05) is 0 Å². The van der Waals surface area contributed by atoms with Crippen molar-refractivity contribution in [2.45, 2.75) is 39.5 Å². The summed E-state index contributed by atoms with van der Waals surface area (Å²) < 4.78 is 2.30. The van der Waals surface area contributed by atoms with Crippen LogP contribution in [0.15, 0.2) is 18.3 Å². The number of hydrogen-bond acceptors (Lipinski definition) is 1. The van der Waals surface area contributed by atoms with E-state index in [9.17, 15) is 0 Å². The normalized spacial score (nSPS) is 20.0. The van der Waals surface area contributed by atoms with E-state index in [1.54, 1.807) is 0 Å². The van der Waals surface area contributed by atoms with E-state index in [0.717, 1.165) is 18.0 Å². The highest BCUT2D eigenvalue weighted by Gasteiger charge is 2.21. The lowest BCUT2D eigenvalue weighted by Gasteiger charge is -2.20. The van der Waals surface area contributed by atoms with Gasteiger partial charge in [0.25, 0.3) is 0 Å². The molecule has 2 heteroatoms. The number of pyridine rings is 1. The summed E-state index contributed by atoms with van der Waals surface area (Å²) in [7, 11) is 0. The topological polar surface area (TPSA) is 17.3 Å². The van der Waals surface area contributed by atoms with E-state index in [2.05, 4.69) is 36.6 Å². The zero-order chi connectivity index (χ0) is 11.1. The monoisotopic (exact) mass is 214 g/mol. The van der Waals surface area contributed by atoms with E-state index in [1.165, 1.54) is 36.2 Å². The molecule has 0 radical (unpaired) electrons. The van der Waals surface area contributed by atoms with Crippen molar-refractivity contribution >= 4 is 5.65 Å². The molecule has 0 saturated carbocycles. The Morgan fingerprint density at radius 2 is 2.31 bits per heavy atom. The molecule has 0 saturated heterocycles. The Bertz CT molecular complexity index is 525. The molecule has 0 bridgehead atoms. The Balaban J connectivity index is 2.15. The number of aromatic nitrogens is 2. The number of imidazole rings is 1. The van der Waals surface area contributed by atoms with Crippen LogP contribution in [-0.4, -0.2) is 9.38 Å². The fourth-order valence-corrected chi connectivity index (χ4v) is 2.73. The molecule has 0 aliphatic heterocycles. The number of aryl methyl sites for hydroxylation is 2. The second kappa shape index (κ2) is 3.62. The average Bonchev–Trinajstić information content (AvgIpc) is 2.66. The van der Waals surface area contributed by atoms with Crippen LogP contribution in [0, 0.1) is 12.8 Å². The van der Waals surface area contributed by atoms with Crippen LogP contribution in [0.3, 0.4) is 0 Å². The van der Waals surface area contributed by atoms with Crippen molar-refractivity contribution in [3.8, 4) is 0 Å². The first-order chi connectivity index (χ1) is 7.78. The lowest BCUT2D eigenvalue weighted by atomic mass is 9.88. The third-order valence-electron chi connectivity index (χ3n) is 3.80. The predicted octanol–water partition coefficient (Wildman–Crippen LogP) is 3.16. The first kappa shape index (κ1) is 9.88. The summed E-state index contributed by atoms with van der Waals surface area (Å²) in [5.41, 5.74) is 5.21. The van der Waals surface area contributed by atoms with Gasteiger partial charge in [0, 0.05) is 11.9 Å². The smallest absolute Gasteiger partial charge is 0.137 e. The van der Waals surface area contributed by atoms with E-state index in [1.807, 2.05) is 0 Å². The van der Waals surface area contributed by atoms with Gasteiger partial charge in [-0.2, -0.15) is 0 Å². The van der Waals surface area contributed by atoms with Crippen molar-refractivity contribution in [1.82, 2.24) is 9.38 Å². The number of fused-ring (bicyclic) bond motifs is 3. The van der Waals surface area contributed by atoms with Gasteiger partial charge in [-0.3, -0.25) is 0 Å². The minimum atomic E-state index is 0.855. The lowest BCUT2D eigenvalue weighted by molar-refractivity contribution is 0.435. The number of rotatable bonds is 1. The second-order valence-corrected chi connectivity index (χ2v) is 4.96. The molecule has 2 heterocycles. The van der Waals surface area contributed by atoms with Crippen LogP contribution in [0.25, 0.3) is 5.65 Å². The van der Waals surface area contributed by atoms with Gasteiger partial charge >= 0.3 is 0 Å². The van der Waals surface area contributed by atoms with Crippen molar-refractivity contribution in [2.24, 2.45) is 5.92 Å². The molecule has 0 spiro atoms. The van der Waals surface area contributed by atoms with Crippen molar-refractivity contribution in [3.63, 3.8) is 0 Å². The van der Waals surface area contributed by atoms with Crippen molar-refractivity contribution in [1.29, 1.82) is 0 Å². The fraction of sp³-hybridized carbons (Fsp3) is 0.500. The van der Waals surface area contributed by atoms with E-state index >= 15 is 0 Å². The lowest BCUT2D eigenvalue weighted by Crippen LogP contribution is -2.14. The maximum atomic E-state index is 4.73. The van der Waals surface area contributed by atoms with Crippen LogP contribution in [0.2, 0.25) is 0 Å². The Morgan fingerprint density at radius 3 is 3.12 bits per heavy atom. The van der Waals surface area contributed by atoms with Crippen LogP contribution >= 0.6 is 0 Å². The average molecular weight is 214 g/mol. The van der Waals surface area contributed by atoms with Gasteiger partial charge in [-0.15, -0.1) is 0 Å². The molecule has 1 unspecified atom stereocenters. The third kappa shape index (κ3) is 1.44. The fourth-order valence-electron chi connectivity index (χ4n) is 2.73. The van der Waals surface area contributed by atoms with Crippen LogP contribution < -0.4 is 0 Å². The highest BCUT2D eigenvalue weighted by Crippen LogP contribution is 2.28. The molecule has 0 N–H and O–H groups in total. The van der Waals surface area contributed by atoms with Gasteiger partial charge in [-0.1, -0.05) is 19.4 Å². The molecular formula is C14H18N2. The summed E-state index contributed by atoms with van der Waals surface area (Å²) in [4.78, 5) is 4.73. The minimum Gasteiger partial charge on any atom is -0.304 e. The SMILES string of the molecule is CCC1CCc2nc3ccc(C)cn3c2C1.